The molecule has 114 valence electrons. The fraction of sp³-hybridized carbons (Fsp3) is 0.500. The third-order valence-electron chi connectivity index (χ3n) is 3.62. The minimum absolute atomic E-state index is 0.0230. The molecule has 1 aromatic carbocycles. The van der Waals surface area contributed by atoms with Gasteiger partial charge >= 0.3 is 5.22 Å². The molecule has 0 bridgehead atoms. The van der Waals surface area contributed by atoms with E-state index in [2.05, 4.69) is 4.98 Å². The highest BCUT2D eigenvalue weighted by Crippen LogP contribution is 2.23. The zero-order chi connectivity index (χ0) is 14.9. The van der Waals surface area contributed by atoms with E-state index in [4.69, 9.17) is 14.9 Å². The van der Waals surface area contributed by atoms with Crippen molar-refractivity contribution in [3.8, 4) is 0 Å². The van der Waals surface area contributed by atoms with E-state index in [1.807, 2.05) is 0 Å². The van der Waals surface area contributed by atoms with E-state index in [-0.39, 0.29) is 17.1 Å². The van der Waals surface area contributed by atoms with Crippen LogP contribution >= 0.6 is 0 Å². The van der Waals surface area contributed by atoms with E-state index in [0.29, 0.717) is 23.2 Å². The summed E-state index contributed by atoms with van der Waals surface area (Å²) in [4.78, 5) is 4.03. The van der Waals surface area contributed by atoms with E-state index >= 15 is 0 Å². The van der Waals surface area contributed by atoms with Crippen LogP contribution in [-0.4, -0.2) is 31.9 Å². The van der Waals surface area contributed by atoms with Crippen LogP contribution in [0.3, 0.4) is 0 Å². The number of oxazole rings is 1. The molecule has 0 aliphatic carbocycles. The highest BCUT2D eigenvalue weighted by molar-refractivity contribution is 7.91. The fourth-order valence-corrected chi connectivity index (χ4v) is 3.69. The molecule has 21 heavy (non-hydrogen) atoms. The number of nitrogens with two attached hydrogens (primary N) is 1. The van der Waals surface area contributed by atoms with Gasteiger partial charge in [-0.1, -0.05) is 0 Å². The standard InChI is InChI=1S/C14H18N2O4S/c15-10-5-6-13-12(9-10)16-14(20-13)21(17,18)8-2-4-11-3-1-7-19-11/h5-6,9,11H,1-4,7-8,15H2. The summed E-state index contributed by atoms with van der Waals surface area (Å²) in [6.45, 7) is 0.782. The summed E-state index contributed by atoms with van der Waals surface area (Å²) in [6.07, 6.45) is 3.58. The Bertz CT molecular complexity index is 733. The van der Waals surface area contributed by atoms with Crippen LogP contribution in [-0.2, 0) is 14.6 Å². The Kier molecular flexibility index (Phi) is 3.86. The van der Waals surface area contributed by atoms with Gasteiger partial charge in [0.1, 0.15) is 5.52 Å². The van der Waals surface area contributed by atoms with Crippen LogP contribution in [0.15, 0.2) is 27.8 Å². The number of rotatable bonds is 5. The summed E-state index contributed by atoms with van der Waals surface area (Å²) < 4.78 is 35.3. The number of nitrogens with zero attached hydrogens (tertiary/aromatic N) is 1. The van der Waals surface area contributed by atoms with Crippen molar-refractivity contribution in [1.82, 2.24) is 4.98 Å². The van der Waals surface area contributed by atoms with Crippen LogP contribution in [0.5, 0.6) is 0 Å². The summed E-state index contributed by atoms with van der Waals surface area (Å²) >= 11 is 0. The van der Waals surface area contributed by atoms with E-state index < -0.39 is 9.84 Å². The summed E-state index contributed by atoms with van der Waals surface area (Å²) in [5.41, 5.74) is 7.07. The highest BCUT2D eigenvalue weighted by Gasteiger charge is 2.23. The second kappa shape index (κ2) is 5.65. The van der Waals surface area contributed by atoms with Gasteiger partial charge in [0, 0.05) is 12.3 Å². The number of ether oxygens (including phenoxy) is 1. The van der Waals surface area contributed by atoms with Gasteiger partial charge in [-0.2, -0.15) is 4.98 Å². The van der Waals surface area contributed by atoms with Crippen LogP contribution in [0, 0.1) is 0 Å². The van der Waals surface area contributed by atoms with Crippen molar-refractivity contribution in [2.24, 2.45) is 0 Å². The molecule has 1 aromatic heterocycles. The lowest BCUT2D eigenvalue weighted by molar-refractivity contribution is 0.104. The first-order valence-electron chi connectivity index (χ1n) is 7.05. The van der Waals surface area contributed by atoms with E-state index in [1.54, 1.807) is 18.2 Å². The first kappa shape index (κ1) is 14.3. The van der Waals surface area contributed by atoms with Crippen molar-refractivity contribution in [1.29, 1.82) is 0 Å². The molecular weight excluding hydrogens is 292 g/mol. The zero-order valence-electron chi connectivity index (χ0n) is 11.6. The largest absolute Gasteiger partial charge is 0.428 e. The molecule has 1 aliphatic heterocycles. The lowest BCUT2D eigenvalue weighted by Gasteiger charge is -2.07. The van der Waals surface area contributed by atoms with Crippen LogP contribution < -0.4 is 5.73 Å². The molecule has 2 N–H and O–H groups in total. The molecule has 0 saturated carbocycles. The zero-order valence-corrected chi connectivity index (χ0v) is 12.4. The SMILES string of the molecule is Nc1ccc2oc(S(=O)(=O)CCCC3CCCO3)nc2c1. The third-order valence-corrected chi connectivity index (χ3v) is 5.15. The van der Waals surface area contributed by atoms with E-state index in [0.717, 1.165) is 25.9 Å². The lowest BCUT2D eigenvalue weighted by Crippen LogP contribution is -2.11. The average molecular weight is 310 g/mol. The Balaban J connectivity index is 1.70. The van der Waals surface area contributed by atoms with Gasteiger partial charge in [0.15, 0.2) is 5.58 Å². The maximum atomic E-state index is 12.2. The number of hydrogen-bond acceptors (Lipinski definition) is 6. The van der Waals surface area contributed by atoms with Gasteiger partial charge in [0.25, 0.3) is 0 Å². The molecule has 3 rings (SSSR count). The summed E-state index contributed by atoms with van der Waals surface area (Å²) in [5, 5.41) is -0.226. The van der Waals surface area contributed by atoms with Crippen molar-refractivity contribution in [3.63, 3.8) is 0 Å². The predicted molar refractivity (Wildman–Crippen MR) is 78.7 cm³/mol. The van der Waals surface area contributed by atoms with Gasteiger partial charge in [0.2, 0.25) is 9.84 Å². The Labute approximate surface area is 123 Å². The van der Waals surface area contributed by atoms with Crippen molar-refractivity contribution >= 4 is 26.6 Å². The van der Waals surface area contributed by atoms with Gasteiger partial charge in [-0.25, -0.2) is 8.42 Å². The third kappa shape index (κ3) is 3.19. The smallest absolute Gasteiger partial charge is 0.316 e. The van der Waals surface area contributed by atoms with Crippen LogP contribution in [0.25, 0.3) is 11.1 Å². The topological polar surface area (TPSA) is 95.4 Å². The van der Waals surface area contributed by atoms with Crippen LogP contribution in [0.1, 0.15) is 25.7 Å². The van der Waals surface area contributed by atoms with Crippen LogP contribution in [0.2, 0.25) is 0 Å². The number of sulfone groups is 1. The minimum atomic E-state index is -3.50. The maximum absolute atomic E-state index is 12.2. The summed E-state index contributed by atoms with van der Waals surface area (Å²) in [7, 11) is -3.50. The molecule has 1 unspecified atom stereocenters. The monoisotopic (exact) mass is 310 g/mol. The van der Waals surface area contributed by atoms with Crippen molar-refractivity contribution in [3.05, 3.63) is 18.2 Å². The number of fused-ring (bicyclic) bond motifs is 1. The molecule has 1 fully saturated rings. The number of benzene rings is 1. The van der Waals surface area contributed by atoms with E-state index in [9.17, 15) is 8.42 Å². The molecule has 1 saturated heterocycles. The van der Waals surface area contributed by atoms with Gasteiger partial charge in [-0.15, -0.1) is 0 Å². The first-order valence-corrected chi connectivity index (χ1v) is 8.70. The normalized spacial score (nSPS) is 19.3. The molecular formula is C14H18N2O4S. The number of anilines is 1. The van der Waals surface area contributed by atoms with Crippen molar-refractivity contribution < 1.29 is 17.6 Å². The second-order valence-electron chi connectivity index (χ2n) is 5.30. The van der Waals surface area contributed by atoms with Crippen molar-refractivity contribution in [2.75, 3.05) is 18.1 Å². The number of nitrogen functional groups attached to an aromatic ring is 1. The number of hydrogen-bond donors (Lipinski definition) is 1. The van der Waals surface area contributed by atoms with E-state index in [1.165, 1.54) is 0 Å². The maximum Gasteiger partial charge on any atom is 0.316 e. The molecule has 7 heteroatoms. The van der Waals surface area contributed by atoms with Gasteiger partial charge in [0.05, 0.1) is 11.9 Å². The molecule has 2 heterocycles. The van der Waals surface area contributed by atoms with Gasteiger partial charge in [-0.05, 0) is 43.9 Å². The molecule has 0 amide bonds. The molecule has 1 atom stereocenters. The Morgan fingerprint density at radius 1 is 1.38 bits per heavy atom. The molecule has 0 spiro atoms. The molecule has 2 aromatic rings. The second-order valence-corrected chi connectivity index (χ2v) is 7.29. The van der Waals surface area contributed by atoms with Gasteiger partial charge in [-0.3, -0.25) is 0 Å². The fourth-order valence-electron chi connectivity index (χ4n) is 2.52. The van der Waals surface area contributed by atoms with Crippen molar-refractivity contribution in [2.45, 2.75) is 37.0 Å². The quantitative estimate of drug-likeness (QED) is 0.850. The Morgan fingerprint density at radius 3 is 3.00 bits per heavy atom. The lowest BCUT2D eigenvalue weighted by atomic mass is 10.1. The number of aromatic nitrogens is 1. The highest BCUT2D eigenvalue weighted by atomic mass is 32.2. The Morgan fingerprint density at radius 2 is 2.24 bits per heavy atom. The summed E-state index contributed by atoms with van der Waals surface area (Å²) in [5.74, 6) is 0.0230. The Hall–Kier alpha value is -1.60. The molecule has 1 aliphatic rings. The molecule has 6 nitrogen and oxygen atoms in total. The van der Waals surface area contributed by atoms with Gasteiger partial charge < -0.3 is 14.9 Å². The molecule has 0 radical (unpaired) electrons. The predicted octanol–water partition coefficient (Wildman–Crippen LogP) is 2.14. The minimum Gasteiger partial charge on any atom is -0.428 e. The van der Waals surface area contributed by atoms with Crippen LogP contribution in [0.4, 0.5) is 5.69 Å². The summed E-state index contributed by atoms with van der Waals surface area (Å²) in [6, 6.07) is 4.88. The first-order chi connectivity index (χ1) is 10.0. The average Bonchev–Trinajstić information content (AvgIpc) is 3.06.